The molecule has 1 atom stereocenters. The van der Waals surface area contributed by atoms with Crippen LogP contribution in [0.2, 0.25) is 0 Å². The summed E-state index contributed by atoms with van der Waals surface area (Å²) >= 11 is 0. The van der Waals surface area contributed by atoms with Gasteiger partial charge < -0.3 is 5.73 Å². The number of rotatable bonds is 2. The zero-order valence-electron chi connectivity index (χ0n) is 6.53. The van der Waals surface area contributed by atoms with Crippen molar-refractivity contribution in [2.24, 2.45) is 5.73 Å². The third-order valence-electron chi connectivity index (χ3n) is 1.70. The minimum Gasteiger partial charge on any atom is -0.321 e. The summed E-state index contributed by atoms with van der Waals surface area (Å²) in [6, 6.07) is 0.00222. The van der Waals surface area contributed by atoms with Crippen LogP contribution >= 0.6 is 0 Å². The Morgan fingerprint density at radius 3 is 3.00 bits per heavy atom. The molecule has 1 aliphatic carbocycles. The first-order valence-electron chi connectivity index (χ1n) is 3.75. The predicted molar refractivity (Wildman–Crippen MR) is 49.2 cm³/mol. The molecule has 1 unspecified atom stereocenters. The van der Waals surface area contributed by atoms with E-state index in [1.807, 2.05) is 24.3 Å². The molecule has 1 rings (SSSR count). The van der Waals surface area contributed by atoms with E-state index < -0.39 is 0 Å². The number of hydrogen-bond acceptors (Lipinski definition) is 1. The van der Waals surface area contributed by atoms with E-state index in [0.29, 0.717) is 0 Å². The summed E-state index contributed by atoms with van der Waals surface area (Å²) < 4.78 is 0. The molecule has 2 N–H and O–H groups in total. The third kappa shape index (κ3) is 2.20. The minimum absolute atomic E-state index is 0.00222. The highest BCUT2D eigenvalue weighted by Gasteiger charge is 2.02. The van der Waals surface area contributed by atoms with Gasteiger partial charge in [-0.2, -0.15) is 0 Å². The summed E-state index contributed by atoms with van der Waals surface area (Å²) in [7, 11) is 0. The van der Waals surface area contributed by atoms with Crippen molar-refractivity contribution in [3.63, 3.8) is 0 Å². The Kier molecular flexibility index (Phi) is 2.87. The molecule has 0 saturated carbocycles. The van der Waals surface area contributed by atoms with Crippen molar-refractivity contribution in [2.75, 3.05) is 0 Å². The quantitative estimate of drug-likeness (QED) is 0.593. The fourth-order valence-corrected chi connectivity index (χ4v) is 0.993. The Morgan fingerprint density at radius 1 is 1.45 bits per heavy atom. The van der Waals surface area contributed by atoms with Gasteiger partial charge in [0.25, 0.3) is 0 Å². The monoisotopic (exact) mass is 147 g/mol. The Balaban J connectivity index is 2.71. The molecule has 0 heterocycles. The minimum atomic E-state index is 0.00222. The first-order valence-corrected chi connectivity index (χ1v) is 3.75. The molecule has 0 saturated heterocycles. The van der Waals surface area contributed by atoms with Gasteiger partial charge in [0.2, 0.25) is 0 Å². The molecule has 0 radical (unpaired) electrons. The van der Waals surface area contributed by atoms with Crippen molar-refractivity contribution in [1.82, 2.24) is 0 Å². The Morgan fingerprint density at radius 2 is 2.27 bits per heavy atom. The molecule has 0 bridgehead atoms. The van der Waals surface area contributed by atoms with Crippen LogP contribution in [0.5, 0.6) is 0 Å². The lowest BCUT2D eigenvalue weighted by Crippen LogP contribution is -2.18. The lowest BCUT2D eigenvalue weighted by molar-refractivity contribution is 0.916. The first kappa shape index (κ1) is 8.02. The van der Waals surface area contributed by atoms with Crippen LogP contribution < -0.4 is 5.73 Å². The third-order valence-corrected chi connectivity index (χ3v) is 1.70. The molecular formula is C10H13N. The largest absolute Gasteiger partial charge is 0.321 e. The predicted octanol–water partition coefficient (Wildman–Crippen LogP) is 1.94. The van der Waals surface area contributed by atoms with Crippen LogP contribution in [0.3, 0.4) is 0 Å². The average Bonchev–Trinajstić information content (AvgIpc) is 2.30. The molecule has 58 valence electrons. The van der Waals surface area contributed by atoms with E-state index in [1.54, 1.807) is 6.08 Å². The second kappa shape index (κ2) is 3.94. The molecule has 1 aliphatic rings. The highest BCUT2D eigenvalue weighted by molar-refractivity contribution is 5.28. The fraction of sp³-hybridized carbons (Fsp3) is 0.200. The van der Waals surface area contributed by atoms with Crippen LogP contribution in [0.1, 0.15) is 6.42 Å². The second-order valence-electron chi connectivity index (χ2n) is 2.52. The van der Waals surface area contributed by atoms with E-state index in [1.165, 1.54) is 5.57 Å². The fourth-order valence-electron chi connectivity index (χ4n) is 0.993. The van der Waals surface area contributed by atoms with Gasteiger partial charge in [-0.3, -0.25) is 0 Å². The van der Waals surface area contributed by atoms with E-state index in [-0.39, 0.29) is 6.04 Å². The molecular weight excluding hydrogens is 134 g/mol. The molecule has 0 amide bonds. The molecule has 1 nitrogen and oxygen atoms in total. The SMILES string of the molecule is C=CC(N)C1=CC=CC=CC1. The first-order chi connectivity index (χ1) is 5.34. The topological polar surface area (TPSA) is 26.0 Å². The maximum absolute atomic E-state index is 5.76. The summed E-state index contributed by atoms with van der Waals surface area (Å²) in [5.41, 5.74) is 6.98. The molecule has 0 spiro atoms. The van der Waals surface area contributed by atoms with Gasteiger partial charge >= 0.3 is 0 Å². The normalized spacial score (nSPS) is 18.8. The van der Waals surface area contributed by atoms with Crippen molar-refractivity contribution >= 4 is 0 Å². The van der Waals surface area contributed by atoms with Gasteiger partial charge in [-0.1, -0.05) is 36.5 Å². The van der Waals surface area contributed by atoms with Crippen LogP contribution in [-0.2, 0) is 0 Å². The highest BCUT2D eigenvalue weighted by Crippen LogP contribution is 2.10. The van der Waals surface area contributed by atoms with Crippen molar-refractivity contribution in [3.8, 4) is 0 Å². The Labute approximate surface area is 67.6 Å². The van der Waals surface area contributed by atoms with Gasteiger partial charge in [0.15, 0.2) is 0 Å². The van der Waals surface area contributed by atoms with Crippen molar-refractivity contribution in [1.29, 1.82) is 0 Å². The maximum Gasteiger partial charge on any atom is 0.0443 e. The summed E-state index contributed by atoms with van der Waals surface area (Å²) in [6.45, 7) is 3.65. The van der Waals surface area contributed by atoms with Crippen LogP contribution in [0, 0.1) is 0 Å². The number of nitrogens with two attached hydrogens (primary N) is 1. The summed E-state index contributed by atoms with van der Waals surface area (Å²) in [5.74, 6) is 0. The molecule has 0 aromatic heterocycles. The Hall–Kier alpha value is -1.08. The number of allylic oxidation sites excluding steroid dienone is 5. The highest BCUT2D eigenvalue weighted by atomic mass is 14.6. The van der Waals surface area contributed by atoms with Crippen molar-refractivity contribution in [2.45, 2.75) is 12.5 Å². The average molecular weight is 147 g/mol. The Bertz CT molecular complexity index is 221. The van der Waals surface area contributed by atoms with E-state index >= 15 is 0 Å². The van der Waals surface area contributed by atoms with Crippen LogP contribution in [0.15, 0.2) is 48.6 Å². The van der Waals surface area contributed by atoms with E-state index in [2.05, 4.69) is 12.7 Å². The van der Waals surface area contributed by atoms with E-state index in [9.17, 15) is 0 Å². The van der Waals surface area contributed by atoms with Crippen molar-refractivity contribution < 1.29 is 0 Å². The summed E-state index contributed by atoms with van der Waals surface area (Å²) in [5, 5.41) is 0. The van der Waals surface area contributed by atoms with Gasteiger partial charge in [-0.15, -0.1) is 6.58 Å². The molecule has 0 fully saturated rings. The standard InChI is InChI=1S/C10H13N/c1-2-10(11)9-7-5-3-4-6-8-9/h2-7,10H,1,8,11H2. The van der Waals surface area contributed by atoms with Gasteiger partial charge in [0.1, 0.15) is 0 Å². The molecule has 0 aliphatic heterocycles. The lowest BCUT2D eigenvalue weighted by Gasteiger charge is -2.07. The van der Waals surface area contributed by atoms with Crippen molar-refractivity contribution in [3.05, 3.63) is 48.6 Å². The maximum atomic E-state index is 5.76. The molecule has 0 aromatic carbocycles. The van der Waals surface area contributed by atoms with Gasteiger partial charge in [-0.05, 0) is 12.0 Å². The van der Waals surface area contributed by atoms with Crippen LogP contribution in [0.25, 0.3) is 0 Å². The van der Waals surface area contributed by atoms with E-state index in [0.717, 1.165) is 6.42 Å². The van der Waals surface area contributed by atoms with Gasteiger partial charge in [-0.25, -0.2) is 0 Å². The zero-order valence-corrected chi connectivity index (χ0v) is 6.53. The summed E-state index contributed by atoms with van der Waals surface area (Å²) in [4.78, 5) is 0. The summed E-state index contributed by atoms with van der Waals surface area (Å²) in [6.07, 6.45) is 12.9. The smallest absolute Gasteiger partial charge is 0.0443 e. The second-order valence-corrected chi connectivity index (χ2v) is 2.52. The molecule has 0 aromatic rings. The molecule has 1 heteroatoms. The number of hydrogen-bond donors (Lipinski definition) is 1. The van der Waals surface area contributed by atoms with Gasteiger partial charge in [0, 0.05) is 6.04 Å². The zero-order chi connectivity index (χ0) is 8.10. The van der Waals surface area contributed by atoms with Crippen LogP contribution in [0.4, 0.5) is 0 Å². The lowest BCUT2D eigenvalue weighted by atomic mass is 10.1. The van der Waals surface area contributed by atoms with E-state index in [4.69, 9.17) is 5.73 Å². The molecule has 11 heavy (non-hydrogen) atoms. The van der Waals surface area contributed by atoms with Crippen LogP contribution in [-0.4, -0.2) is 6.04 Å². The van der Waals surface area contributed by atoms with Gasteiger partial charge in [0.05, 0.1) is 0 Å².